The fourth-order valence-electron chi connectivity index (χ4n) is 2.58. The predicted octanol–water partition coefficient (Wildman–Crippen LogP) is 4.71. The van der Waals surface area contributed by atoms with Gasteiger partial charge in [0.15, 0.2) is 0 Å². The van der Waals surface area contributed by atoms with Gasteiger partial charge in [-0.2, -0.15) is 0 Å². The fourth-order valence-corrected chi connectivity index (χ4v) is 2.58. The summed E-state index contributed by atoms with van der Waals surface area (Å²) in [5.41, 5.74) is 1.72. The van der Waals surface area contributed by atoms with Crippen LogP contribution in [0.3, 0.4) is 0 Å². The molecule has 128 valence electrons. The van der Waals surface area contributed by atoms with Crippen LogP contribution in [-0.2, 0) is 6.42 Å². The molecule has 0 unspecified atom stereocenters. The Morgan fingerprint density at radius 1 is 0.920 bits per heavy atom. The first kappa shape index (κ1) is 16.9. The van der Waals surface area contributed by atoms with Crippen molar-refractivity contribution in [1.29, 1.82) is 0 Å². The zero-order valence-electron chi connectivity index (χ0n) is 14.2. The molecule has 0 saturated heterocycles. The summed E-state index contributed by atoms with van der Waals surface area (Å²) in [6.07, 6.45) is 2.02. The monoisotopic (exact) mass is 336 g/mol. The first-order valence-corrected chi connectivity index (χ1v) is 8.36. The Hall–Kier alpha value is -2.95. The van der Waals surface area contributed by atoms with E-state index in [1.165, 1.54) is 11.6 Å². The van der Waals surface area contributed by atoms with Gasteiger partial charge in [-0.3, -0.25) is 0 Å². The topological polar surface area (TPSA) is 49.8 Å². The van der Waals surface area contributed by atoms with E-state index >= 15 is 0 Å². The van der Waals surface area contributed by atoms with Crippen LogP contribution in [-0.4, -0.2) is 16.5 Å². The summed E-state index contributed by atoms with van der Waals surface area (Å²) in [7, 11) is 0. The highest BCUT2D eigenvalue weighted by atomic mass is 19.1. The molecule has 4 nitrogen and oxygen atoms in total. The van der Waals surface area contributed by atoms with E-state index < -0.39 is 0 Å². The van der Waals surface area contributed by atoms with Crippen LogP contribution in [0.1, 0.15) is 17.8 Å². The molecular formula is C20H21FN4. The van der Waals surface area contributed by atoms with E-state index in [-0.39, 0.29) is 5.82 Å². The van der Waals surface area contributed by atoms with Gasteiger partial charge in [0.05, 0.1) is 5.69 Å². The summed E-state index contributed by atoms with van der Waals surface area (Å²) in [5, 5.41) is 6.32. The van der Waals surface area contributed by atoms with Crippen molar-refractivity contribution < 1.29 is 4.39 Å². The number of anilines is 3. The smallest absolute Gasteiger partial charge is 0.146 e. The molecule has 3 aromatic rings. The molecule has 5 heteroatoms. The summed E-state index contributed by atoms with van der Waals surface area (Å²) < 4.78 is 13.8. The number of para-hydroxylation sites is 1. The van der Waals surface area contributed by atoms with Crippen molar-refractivity contribution in [3.05, 3.63) is 77.9 Å². The van der Waals surface area contributed by atoms with Crippen molar-refractivity contribution >= 4 is 17.3 Å². The van der Waals surface area contributed by atoms with Gasteiger partial charge in [0.25, 0.3) is 0 Å². The lowest BCUT2D eigenvalue weighted by Crippen LogP contribution is -2.07. The molecular weight excluding hydrogens is 315 g/mol. The van der Waals surface area contributed by atoms with Crippen molar-refractivity contribution in [2.75, 3.05) is 17.2 Å². The van der Waals surface area contributed by atoms with Crippen LogP contribution in [0.5, 0.6) is 0 Å². The summed E-state index contributed by atoms with van der Waals surface area (Å²) >= 11 is 0. The molecule has 1 heterocycles. The lowest BCUT2D eigenvalue weighted by molar-refractivity contribution is 0.632. The number of nitrogens with one attached hydrogen (secondary N) is 2. The highest BCUT2D eigenvalue weighted by molar-refractivity contribution is 5.59. The van der Waals surface area contributed by atoms with Crippen molar-refractivity contribution in [3.63, 3.8) is 0 Å². The van der Waals surface area contributed by atoms with Crippen LogP contribution in [0.4, 0.5) is 21.7 Å². The highest BCUT2D eigenvalue weighted by Gasteiger charge is 2.05. The fraction of sp³-hybridized carbons (Fsp3) is 0.200. The Morgan fingerprint density at radius 3 is 2.44 bits per heavy atom. The van der Waals surface area contributed by atoms with Gasteiger partial charge in [-0.1, -0.05) is 42.5 Å². The molecule has 0 aliphatic carbocycles. The predicted molar refractivity (Wildman–Crippen MR) is 99.7 cm³/mol. The Labute approximate surface area is 147 Å². The van der Waals surface area contributed by atoms with Crippen LogP contribution >= 0.6 is 0 Å². The molecule has 0 radical (unpaired) electrons. The van der Waals surface area contributed by atoms with Gasteiger partial charge >= 0.3 is 0 Å². The average Bonchev–Trinajstić information content (AvgIpc) is 2.61. The quantitative estimate of drug-likeness (QED) is 0.613. The van der Waals surface area contributed by atoms with E-state index in [0.29, 0.717) is 17.3 Å². The molecule has 2 aromatic carbocycles. The number of hydrogen-bond acceptors (Lipinski definition) is 4. The molecule has 0 atom stereocenters. The summed E-state index contributed by atoms with van der Waals surface area (Å²) in [6, 6.07) is 18.7. The maximum atomic E-state index is 13.8. The Balaban J connectivity index is 1.59. The van der Waals surface area contributed by atoms with Crippen molar-refractivity contribution in [3.8, 4) is 0 Å². The third-order valence-electron chi connectivity index (χ3n) is 3.77. The Morgan fingerprint density at radius 2 is 1.64 bits per heavy atom. The van der Waals surface area contributed by atoms with E-state index in [0.717, 1.165) is 25.2 Å². The second-order valence-electron chi connectivity index (χ2n) is 5.81. The summed E-state index contributed by atoms with van der Waals surface area (Å²) in [5.74, 6) is 1.63. The average molecular weight is 336 g/mol. The van der Waals surface area contributed by atoms with E-state index in [2.05, 4.69) is 44.9 Å². The van der Waals surface area contributed by atoms with E-state index in [1.807, 2.05) is 13.0 Å². The number of halogens is 1. The molecule has 0 saturated carbocycles. The SMILES string of the molecule is Cc1nc(NCCCc2ccccc2)cc(Nc2ccccc2F)n1. The number of aryl methyl sites for hydroxylation is 2. The van der Waals surface area contributed by atoms with Crippen LogP contribution in [0.25, 0.3) is 0 Å². The van der Waals surface area contributed by atoms with Crippen molar-refractivity contribution in [1.82, 2.24) is 9.97 Å². The van der Waals surface area contributed by atoms with Crippen LogP contribution in [0, 0.1) is 12.7 Å². The van der Waals surface area contributed by atoms with Crippen LogP contribution in [0.2, 0.25) is 0 Å². The number of hydrogen-bond donors (Lipinski definition) is 2. The van der Waals surface area contributed by atoms with E-state index in [9.17, 15) is 4.39 Å². The lowest BCUT2D eigenvalue weighted by atomic mass is 10.1. The van der Waals surface area contributed by atoms with Crippen LogP contribution in [0.15, 0.2) is 60.7 Å². The number of rotatable bonds is 7. The highest BCUT2D eigenvalue weighted by Crippen LogP contribution is 2.20. The molecule has 1 aromatic heterocycles. The van der Waals surface area contributed by atoms with Gasteiger partial charge in [-0.15, -0.1) is 0 Å². The molecule has 0 aliphatic rings. The molecule has 3 rings (SSSR count). The molecule has 0 aliphatic heterocycles. The first-order chi connectivity index (χ1) is 12.2. The van der Waals surface area contributed by atoms with Crippen molar-refractivity contribution in [2.45, 2.75) is 19.8 Å². The molecule has 0 bridgehead atoms. The maximum Gasteiger partial charge on any atom is 0.146 e. The lowest BCUT2D eigenvalue weighted by Gasteiger charge is -2.11. The van der Waals surface area contributed by atoms with Crippen molar-refractivity contribution in [2.24, 2.45) is 0 Å². The maximum absolute atomic E-state index is 13.8. The molecule has 0 spiro atoms. The minimum atomic E-state index is -0.309. The second-order valence-corrected chi connectivity index (χ2v) is 5.81. The van der Waals surface area contributed by atoms with Gasteiger partial charge < -0.3 is 10.6 Å². The van der Waals surface area contributed by atoms with Gasteiger partial charge in [0.1, 0.15) is 23.3 Å². The number of benzene rings is 2. The van der Waals surface area contributed by atoms with Gasteiger partial charge in [0, 0.05) is 12.6 Å². The van der Waals surface area contributed by atoms with Gasteiger partial charge in [-0.05, 0) is 37.5 Å². The minimum absolute atomic E-state index is 0.309. The standard InChI is InChI=1S/C20H21FN4/c1-15-23-19(22-13-7-10-16-8-3-2-4-9-16)14-20(24-15)25-18-12-6-5-11-17(18)21/h2-6,8-9,11-12,14H,7,10,13H2,1H3,(H2,22,23,24,25). The second kappa shape index (κ2) is 8.24. The van der Waals surface area contributed by atoms with E-state index in [4.69, 9.17) is 0 Å². The van der Waals surface area contributed by atoms with Crippen LogP contribution < -0.4 is 10.6 Å². The number of nitrogens with zero attached hydrogens (tertiary/aromatic N) is 2. The molecule has 0 amide bonds. The summed E-state index contributed by atoms with van der Waals surface area (Å²) in [4.78, 5) is 8.70. The normalized spacial score (nSPS) is 10.5. The largest absolute Gasteiger partial charge is 0.370 e. The molecule has 0 fully saturated rings. The minimum Gasteiger partial charge on any atom is -0.370 e. The third-order valence-corrected chi connectivity index (χ3v) is 3.77. The molecule has 2 N–H and O–H groups in total. The number of aromatic nitrogens is 2. The summed E-state index contributed by atoms with van der Waals surface area (Å²) in [6.45, 7) is 2.63. The third kappa shape index (κ3) is 5.01. The Bertz CT molecular complexity index is 821. The first-order valence-electron chi connectivity index (χ1n) is 8.36. The Kier molecular flexibility index (Phi) is 5.57. The molecule has 25 heavy (non-hydrogen) atoms. The van der Waals surface area contributed by atoms with Gasteiger partial charge in [0.2, 0.25) is 0 Å². The zero-order chi connectivity index (χ0) is 17.5. The van der Waals surface area contributed by atoms with E-state index in [1.54, 1.807) is 24.3 Å². The van der Waals surface area contributed by atoms with Gasteiger partial charge in [-0.25, -0.2) is 14.4 Å². The zero-order valence-corrected chi connectivity index (χ0v) is 14.2.